The molecule has 0 heterocycles. The van der Waals surface area contributed by atoms with Crippen LogP contribution >= 0.6 is 17.0 Å². The van der Waals surface area contributed by atoms with Gasteiger partial charge in [0.15, 0.2) is 15.2 Å². The predicted octanol–water partition coefficient (Wildman–Crippen LogP) is 7.61. The first-order valence-corrected chi connectivity index (χ1v) is 10.9. The largest absolute Gasteiger partial charge is 0.199 e. The smallest absolute Gasteiger partial charge is 0.114 e. The lowest BCUT2D eigenvalue weighted by Crippen LogP contribution is -1.90. The number of unbranched alkanes of at least 4 members (excludes halogenated alkanes) is 12. The summed E-state index contributed by atoms with van der Waals surface area (Å²) >= 11 is 0.790. The van der Waals surface area contributed by atoms with Gasteiger partial charge in [-0.2, -0.15) is 0 Å². The molecule has 0 aromatic rings. The van der Waals surface area contributed by atoms with Gasteiger partial charge >= 0.3 is 0 Å². The average Bonchev–Trinajstić information content (AvgIpc) is 2.43. The van der Waals surface area contributed by atoms with Crippen LogP contribution in [0.5, 0.6) is 0 Å². The van der Waals surface area contributed by atoms with E-state index in [1.165, 1.54) is 89.9 Å². The van der Waals surface area contributed by atoms with Crippen LogP contribution in [0.1, 0.15) is 104 Å². The van der Waals surface area contributed by atoms with Crippen molar-refractivity contribution in [3.05, 3.63) is 0 Å². The van der Waals surface area contributed by atoms with Crippen molar-refractivity contribution in [2.45, 2.75) is 114 Å². The Hall–Kier alpha value is 1.01. The Bertz CT molecular complexity index is 134. The van der Waals surface area contributed by atoms with Gasteiger partial charge in [-0.1, -0.05) is 104 Å². The second-order valence-corrected chi connectivity index (χ2v) is 7.84. The van der Waals surface area contributed by atoms with Crippen LogP contribution in [-0.4, -0.2) is 15.2 Å². The van der Waals surface area contributed by atoms with Gasteiger partial charge in [0.25, 0.3) is 0 Å². The van der Waals surface area contributed by atoms with Gasteiger partial charge in [0, 0.05) is 0 Å². The van der Waals surface area contributed by atoms with Crippen molar-refractivity contribution < 1.29 is 0 Å². The molecule has 0 fully saturated rings. The molecule has 0 saturated carbocycles. The monoisotopic (exact) mass is 361 g/mol. The maximum Gasteiger partial charge on any atom is 0.199 e. The molecule has 2 heteroatoms. The third-order valence-electron chi connectivity index (χ3n) is 4.02. The fourth-order valence-corrected chi connectivity index (χ4v) is 4.08. The summed E-state index contributed by atoms with van der Waals surface area (Å²) in [7, 11) is 0. The lowest BCUT2D eigenvalue weighted by molar-refractivity contribution is 0.597. The minimum absolute atomic E-state index is 0. The van der Waals surface area contributed by atoms with E-state index in [0.717, 1.165) is 15.2 Å². The normalized spacial score (nSPS) is 10.3. The van der Waals surface area contributed by atoms with Gasteiger partial charge in [0.1, 0.15) is 0 Å². The van der Waals surface area contributed by atoms with Crippen LogP contribution in [0.2, 0.25) is 10.6 Å². The summed E-state index contributed by atoms with van der Waals surface area (Å²) in [6.45, 7) is 4.60. The van der Waals surface area contributed by atoms with Gasteiger partial charge in [-0.3, -0.25) is 0 Å². The minimum atomic E-state index is 0. The van der Waals surface area contributed by atoms with Crippen LogP contribution in [-0.2, 0) is 0 Å². The molecule has 0 N–H and O–H groups in total. The fourth-order valence-electron chi connectivity index (χ4n) is 2.64. The molecule has 121 valence electrons. The van der Waals surface area contributed by atoms with Crippen LogP contribution in [0.15, 0.2) is 0 Å². The van der Waals surface area contributed by atoms with Crippen molar-refractivity contribution in [3.63, 3.8) is 0 Å². The summed E-state index contributed by atoms with van der Waals surface area (Å²) in [4.78, 5) is 0. The fraction of sp³-hybridized carbons (Fsp3) is 1.00. The highest BCUT2D eigenvalue weighted by atomic mass is 79.9. The van der Waals surface area contributed by atoms with Crippen molar-refractivity contribution in [1.82, 2.24) is 0 Å². The number of hydrogen-bond acceptors (Lipinski definition) is 0. The molecule has 0 spiro atoms. The van der Waals surface area contributed by atoms with Crippen molar-refractivity contribution in [2.24, 2.45) is 0 Å². The molecule has 20 heavy (non-hydrogen) atoms. The van der Waals surface area contributed by atoms with Crippen LogP contribution < -0.4 is 0 Å². The van der Waals surface area contributed by atoms with E-state index in [0.29, 0.717) is 0 Å². The van der Waals surface area contributed by atoms with E-state index in [4.69, 9.17) is 0 Å². The summed E-state index contributed by atoms with van der Waals surface area (Å²) in [5, 5.41) is 3.15. The summed E-state index contributed by atoms with van der Waals surface area (Å²) in [6, 6.07) is 0. The second kappa shape index (κ2) is 22.3. The lowest BCUT2D eigenvalue weighted by atomic mass is 10.1. The van der Waals surface area contributed by atoms with E-state index in [2.05, 4.69) is 13.8 Å². The molecule has 0 nitrogen and oxygen atoms in total. The van der Waals surface area contributed by atoms with E-state index < -0.39 is 0 Å². The summed E-state index contributed by atoms with van der Waals surface area (Å²) < 4.78 is 0. The molecule has 0 unspecified atom stereocenters. The van der Waals surface area contributed by atoms with Crippen LogP contribution in [0, 0.1) is 0 Å². The SMILES string of the molecule is Br.CCCCCCCC[CH2][Al][CH2]CCCCCCCC. The van der Waals surface area contributed by atoms with Gasteiger partial charge in [0.2, 0.25) is 0 Å². The molecule has 0 atom stereocenters. The zero-order valence-corrected chi connectivity index (χ0v) is 17.2. The molecule has 0 aliphatic rings. The Morgan fingerprint density at radius 1 is 0.450 bits per heavy atom. The van der Waals surface area contributed by atoms with E-state index >= 15 is 0 Å². The Morgan fingerprint density at radius 3 is 1.10 bits per heavy atom. The standard InChI is InChI=1S/2C9H19.Al.BrH/c2*1-3-5-7-9-8-6-4-2;;/h2*1,3-9H2,2H3;;1H. The van der Waals surface area contributed by atoms with Crippen molar-refractivity contribution >= 4 is 32.2 Å². The quantitative estimate of drug-likeness (QED) is 0.196. The van der Waals surface area contributed by atoms with E-state index in [9.17, 15) is 0 Å². The first-order chi connectivity index (χ1) is 9.41. The highest BCUT2D eigenvalue weighted by Gasteiger charge is 1.95. The molecule has 0 rings (SSSR count). The molecule has 0 aromatic heterocycles. The number of halogens is 1. The molecular weight excluding hydrogens is 323 g/mol. The second-order valence-electron chi connectivity index (χ2n) is 6.11. The Morgan fingerprint density at radius 2 is 0.750 bits per heavy atom. The third kappa shape index (κ3) is 21.3. The summed E-state index contributed by atoms with van der Waals surface area (Å²) in [5.74, 6) is 0. The first kappa shape index (κ1) is 23.3. The van der Waals surface area contributed by atoms with Crippen LogP contribution in [0.4, 0.5) is 0 Å². The highest BCUT2D eigenvalue weighted by Crippen LogP contribution is 2.11. The van der Waals surface area contributed by atoms with Gasteiger partial charge in [0.05, 0.1) is 0 Å². The molecule has 0 saturated heterocycles. The number of rotatable bonds is 16. The minimum Gasteiger partial charge on any atom is -0.114 e. The zero-order valence-electron chi connectivity index (χ0n) is 14.3. The molecule has 1 radical (unpaired) electrons. The molecule has 0 aliphatic carbocycles. The predicted molar refractivity (Wildman–Crippen MR) is 102 cm³/mol. The van der Waals surface area contributed by atoms with Crippen LogP contribution in [0.3, 0.4) is 0 Å². The van der Waals surface area contributed by atoms with Gasteiger partial charge < -0.3 is 0 Å². The van der Waals surface area contributed by atoms with Crippen molar-refractivity contribution in [2.75, 3.05) is 0 Å². The van der Waals surface area contributed by atoms with Gasteiger partial charge in [-0.25, -0.2) is 0 Å². The Balaban J connectivity index is 0. The van der Waals surface area contributed by atoms with E-state index in [1.807, 2.05) is 0 Å². The molecule has 0 amide bonds. The average molecular weight is 362 g/mol. The molecule has 0 aliphatic heterocycles. The molecule has 0 aromatic carbocycles. The topological polar surface area (TPSA) is 0 Å². The van der Waals surface area contributed by atoms with Crippen LogP contribution in [0.25, 0.3) is 0 Å². The first-order valence-electron chi connectivity index (χ1n) is 9.23. The summed E-state index contributed by atoms with van der Waals surface area (Å²) in [6.07, 6.45) is 20.6. The molecular formula is C18H39AlBr. The maximum absolute atomic E-state index is 2.30. The third-order valence-corrected chi connectivity index (χ3v) is 5.66. The van der Waals surface area contributed by atoms with Gasteiger partial charge in [-0.15, -0.1) is 27.5 Å². The summed E-state index contributed by atoms with van der Waals surface area (Å²) in [5.41, 5.74) is 0. The van der Waals surface area contributed by atoms with Gasteiger partial charge in [-0.05, 0) is 0 Å². The lowest BCUT2D eigenvalue weighted by Gasteiger charge is -2.02. The Kier molecular flexibility index (Phi) is 26.0. The highest BCUT2D eigenvalue weighted by molar-refractivity contribution is 8.93. The zero-order chi connectivity index (χ0) is 14.0. The van der Waals surface area contributed by atoms with Crippen molar-refractivity contribution in [3.8, 4) is 0 Å². The van der Waals surface area contributed by atoms with E-state index in [1.54, 1.807) is 10.6 Å². The van der Waals surface area contributed by atoms with E-state index in [-0.39, 0.29) is 17.0 Å². The molecule has 0 bridgehead atoms. The Labute approximate surface area is 146 Å². The maximum atomic E-state index is 2.30. The van der Waals surface area contributed by atoms with Crippen molar-refractivity contribution in [1.29, 1.82) is 0 Å². The number of hydrogen-bond donors (Lipinski definition) is 0.